The van der Waals surface area contributed by atoms with Crippen LogP contribution in [0, 0.1) is 11.8 Å². The molecule has 2 aromatic rings. The number of piperidine rings is 1. The second kappa shape index (κ2) is 7.70. The minimum absolute atomic E-state index is 0.00729. The average molecular weight is 410 g/mol. The van der Waals surface area contributed by atoms with Crippen molar-refractivity contribution in [3.8, 4) is 0 Å². The first-order valence-electron chi connectivity index (χ1n) is 10.8. The maximum Gasteiger partial charge on any atom is 0.255 e. The number of rotatable bonds is 3. The molecule has 158 valence electrons. The molecule has 9 nitrogen and oxygen atoms in total. The van der Waals surface area contributed by atoms with Crippen LogP contribution in [0.2, 0.25) is 0 Å². The lowest BCUT2D eigenvalue weighted by molar-refractivity contribution is -0.136. The van der Waals surface area contributed by atoms with Crippen molar-refractivity contribution in [2.45, 2.75) is 38.1 Å². The topological polar surface area (TPSA) is 111 Å². The molecule has 2 aromatic heterocycles. The van der Waals surface area contributed by atoms with Crippen LogP contribution >= 0.6 is 0 Å². The fourth-order valence-corrected chi connectivity index (χ4v) is 5.16. The summed E-state index contributed by atoms with van der Waals surface area (Å²) < 4.78 is 0. The average Bonchev–Trinajstić information content (AvgIpc) is 3.52. The molecule has 0 radical (unpaired) electrons. The third-order valence-electron chi connectivity index (χ3n) is 6.79. The minimum Gasteiger partial charge on any atom is -0.355 e. The van der Waals surface area contributed by atoms with E-state index in [9.17, 15) is 14.4 Å². The second-order valence-electron chi connectivity index (χ2n) is 8.61. The Bertz CT molecular complexity index is 978. The van der Waals surface area contributed by atoms with Crippen LogP contribution in [0.1, 0.15) is 42.5 Å². The van der Waals surface area contributed by atoms with E-state index in [0.717, 1.165) is 37.7 Å². The molecule has 0 aromatic carbocycles. The van der Waals surface area contributed by atoms with Crippen LogP contribution in [-0.2, 0) is 9.59 Å². The van der Waals surface area contributed by atoms with Gasteiger partial charge in [-0.05, 0) is 37.7 Å². The fourth-order valence-electron chi connectivity index (χ4n) is 5.16. The van der Waals surface area contributed by atoms with E-state index < -0.39 is 0 Å². The number of hydrogen-bond acceptors (Lipinski definition) is 5. The molecule has 3 saturated heterocycles. The monoisotopic (exact) mass is 410 g/mol. The van der Waals surface area contributed by atoms with Gasteiger partial charge in [0.1, 0.15) is 0 Å². The highest BCUT2D eigenvalue weighted by Gasteiger charge is 2.40. The van der Waals surface area contributed by atoms with Gasteiger partial charge >= 0.3 is 0 Å². The lowest BCUT2D eigenvalue weighted by Crippen LogP contribution is -2.45. The first-order chi connectivity index (χ1) is 14.6. The molecule has 0 bridgehead atoms. The third-order valence-corrected chi connectivity index (χ3v) is 6.79. The maximum atomic E-state index is 13.2. The molecule has 0 spiro atoms. The quantitative estimate of drug-likeness (QED) is 0.782. The number of amides is 3. The van der Waals surface area contributed by atoms with Gasteiger partial charge in [-0.25, -0.2) is 4.98 Å². The second-order valence-corrected chi connectivity index (χ2v) is 8.61. The molecular formula is C21H26N6O3. The van der Waals surface area contributed by atoms with Gasteiger partial charge in [0.15, 0.2) is 5.65 Å². The molecule has 0 aliphatic carbocycles. The van der Waals surface area contributed by atoms with Gasteiger partial charge in [-0.15, -0.1) is 0 Å². The summed E-state index contributed by atoms with van der Waals surface area (Å²) >= 11 is 0. The van der Waals surface area contributed by atoms with E-state index in [1.54, 1.807) is 12.4 Å². The van der Waals surface area contributed by atoms with Gasteiger partial charge in [0, 0.05) is 50.2 Å². The summed E-state index contributed by atoms with van der Waals surface area (Å²) in [4.78, 5) is 45.7. The lowest BCUT2D eigenvalue weighted by atomic mass is 9.95. The van der Waals surface area contributed by atoms with Crippen LogP contribution in [0.25, 0.3) is 11.0 Å². The van der Waals surface area contributed by atoms with Crippen LogP contribution in [0.15, 0.2) is 18.5 Å². The van der Waals surface area contributed by atoms with Gasteiger partial charge in [0.2, 0.25) is 11.8 Å². The third kappa shape index (κ3) is 3.42. The van der Waals surface area contributed by atoms with Crippen molar-refractivity contribution in [2.75, 3.05) is 26.2 Å². The van der Waals surface area contributed by atoms with E-state index in [2.05, 4.69) is 20.5 Å². The highest BCUT2D eigenvalue weighted by atomic mass is 16.2. The summed E-state index contributed by atoms with van der Waals surface area (Å²) in [5, 5.41) is 10.4. The number of aromatic nitrogens is 3. The Kier molecular flexibility index (Phi) is 4.88. The SMILES string of the molecule is O=C1CCC(C(=O)N2CCC(C3CCCN3C(=O)c3cnc4[nH]ncc4c3)C2)CN1. The number of aromatic amines is 1. The van der Waals surface area contributed by atoms with E-state index in [-0.39, 0.29) is 29.7 Å². The Balaban J connectivity index is 1.25. The van der Waals surface area contributed by atoms with Gasteiger partial charge < -0.3 is 15.1 Å². The smallest absolute Gasteiger partial charge is 0.255 e. The van der Waals surface area contributed by atoms with Crippen LogP contribution in [-0.4, -0.2) is 74.9 Å². The molecule has 3 aliphatic rings. The Morgan fingerprint density at radius 2 is 2.03 bits per heavy atom. The zero-order chi connectivity index (χ0) is 20.7. The van der Waals surface area contributed by atoms with Gasteiger partial charge in [-0.2, -0.15) is 5.10 Å². The molecular weight excluding hydrogens is 384 g/mol. The molecule has 3 unspecified atom stereocenters. The summed E-state index contributed by atoms with van der Waals surface area (Å²) in [5.41, 5.74) is 1.26. The standard InChI is InChI=1S/C21H26N6O3/c28-18-4-3-13(9-22-18)20(29)26-7-5-14(12-26)17-2-1-6-27(17)21(30)16-8-15-11-24-25-19(15)23-10-16/h8,10-11,13-14,17H,1-7,9,12H2,(H,22,28)(H,23,24,25). The van der Waals surface area contributed by atoms with Gasteiger partial charge in [0.05, 0.1) is 17.7 Å². The molecule has 5 heterocycles. The number of H-pyrrole nitrogens is 1. The van der Waals surface area contributed by atoms with E-state index in [1.807, 2.05) is 15.9 Å². The predicted molar refractivity (Wildman–Crippen MR) is 108 cm³/mol. The number of fused-ring (bicyclic) bond motifs is 1. The van der Waals surface area contributed by atoms with E-state index in [0.29, 0.717) is 43.1 Å². The van der Waals surface area contributed by atoms with Gasteiger partial charge in [-0.1, -0.05) is 0 Å². The predicted octanol–water partition coefficient (Wildman–Crippen LogP) is 0.937. The maximum absolute atomic E-state index is 13.2. The number of carbonyl (C=O) groups excluding carboxylic acids is 3. The highest BCUT2D eigenvalue weighted by Crippen LogP contribution is 2.32. The largest absolute Gasteiger partial charge is 0.355 e. The highest BCUT2D eigenvalue weighted by molar-refractivity contribution is 5.97. The number of likely N-dealkylation sites (tertiary alicyclic amines) is 2. The molecule has 2 N–H and O–H groups in total. The van der Waals surface area contributed by atoms with E-state index in [1.165, 1.54) is 0 Å². The molecule has 3 fully saturated rings. The van der Waals surface area contributed by atoms with Crippen LogP contribution in [0.5, 0.6) is 0 Å². The van der Waals surface area contributed by atoms with Crippen molar-refractivity contribution in [2.24, 2.45) is 11.8 Å². The molecule has 3 aliphatic heterocycles. The Hall–Kier alpha value is -2.97. The van der Waals surface area contributed by atoms with E-state index in [4.69, 9.17) is 0 Å². The van der Waals surface area contributed by atoms with Crippen molar-refractivity contribution in [3.63, 3.8) is 0 Å². The molecule has 9 heteroatoms. The molecule has 3 amide bonds. The molecule has 3 atom stereocenters. The van der Waals surface area contributed by atoms with Gasteiger partial charge in [0.25, 0.3) is 5.91 Å². The van der Waals surface area contributed by atoms with Crippen LogP contribution < -0.4 is 5.32 Å². The number of hydrogen-bond donors (Lipinski definition) is 2. The van der Waals surface area contributed by atoms with Crippen molar-refractivity contribution >= 4 is 28.8 Å². The Morgan fingerprint density at radius 1 is 1.13 bits per heavy atom. The van der Waals surface area contributed by atoms with Crippen molar-refractivity contribution in [1.29, 1.82) is 0 Å². The zero-order valence-corrected chi connectivity index (χ0v) is 16.8. The van der Waals surface area contributed by atoms with E-state index >= 15 is 0 Å². The van der Waals surface area contributed by atoms with Crippen molar-refractivity contribution in [1.82, 2.24) is 30.3 Å². The van der Waals surface area contributed by atoms with Gasteiger partial charge in [-0.3, -0.25) is 19.5 Å². The summed E-state index contributed by atoms with van der Waals surface area (Å²) in [6.07, 6.45) is 7.21. The summed E-state index contributed by atoms with van der Waals surface area (Å²) in [5.74, 6) is 0.358. The summed E-state index contributed by atoms with van der Waals surface area (Å²) in [6.45, 7) is 2.61. The minimum atomic E-state index is -0.115. The van der Waals surface area contributed by atoms with Crippen molar-refractivity contribution in [3.05, 3.63) is 24.0 Å². The van der Waals surface area contributed by atoms with Crippen molar-refractivity contribution < 1.29 is 14.4 Å². The molecule has 30 heavy (non-hydrogen) atoms. The lowest BCUT2D eigenvalue weighted by Gasteiger charge is -2.30. The zero-order valence-electron chi connectivity index (χ0n) is 16.8. The number of carbonyl (C=O) groups is 3. The first kappa shape index (κ1) is 19.0. The molecule has 0 saturated carbocycles. The first-order valence-corrected chi connectivity index (χ1v) is 10.8. The Labute approximate surface area is 174 Å². The summed E-state index contributed by atoms with van der Waals surface area (Å²) in [7, 11) is 0. The fraction of sp³-hybridized carbons (Fsp3) is 0.571. The Morgan fingerprint density at radius 3 is 2.87 bits per heavy atom. The normalized spacial score (nSPS) is 26.9. The van der Waals surface area contributed by atoms with Crippen LogP contribution in [0.3, 0.4) is 0 Å². The molecule has 5 rings (SSSR count). The number of nitrogens with one attached hydrogen (secondary N) is 2. The van der Waals surface area contributed by atoms with Crippen LogP contribution in [0.4, 0.5) is 0 Å². The summed E-state index contributed by atoms with van der Waals surface area (Å²) in [6, 6.07) is 1.99. The number of nitrogens with zero attached hydrogens (tertiary/aromatic N) is 4. The number of pyridine rings is 1.